The van der Waals surface area contributed by atoms with Gasteiger partial charge < -0.3 is 4.84 Å². The summed E-state index contributed by atoms with van der Waals surface area (Å²) in [4.78, 5) is 38.8. The van der Waals surface area contributed by atoms with Crippen LogP contribution in [0.25, 0.3) is 22.5 Å². The molecule has 1 N–H and O–H groups in total. The lowest BCUT2D eigenvalue weighted by atomic mass is 10.0. The second-order valence-corrected chi connectivity index (χ2v) is 7.92. The largest absolute Gasteiger partial charge is 0.341 e. The monoisotopic (exact) mass is 459 g/mol. The van der Waals surface area contributed by atoms with Gasteiger partial charge in [0, 0.05) is 34.8 Å². The molecule has 2 aromatic heterocycles. The number of halogens is 1. The molecule has 0 aliphatic rings. The lowest BCUT2D eigenvalue weighted by Crippen LogP contribution is -2.26. The molecule has 2 heterocycles. The number of hydroxylamine groups is 1. The van der Waals surface area contributed by atoms with E-state index in [4.69, 9.17) is 4.84 Å². The summed E-state index contributed by atoms with van der Waals surface area (Å²) in [6.45, 7) is 3.69. The molecule has 0 atom stereocenters. The molecule has 0 unspecified atom stereocenters. The van der Waals surface area contributed by atoms with Crippen LogP contribution in [-0.4, -0.2) is 21.8 Å². The van der Waals surface area contributed by atoms with Gasteiger partial charge in [-0.3, -0.25) is 4.79 Å². The van der Waals surface area contributed by atoms with E-state index in [1.54, 1.807) is 19.3 Å². The van der Waals surface area contributed by atoms with Crippen molar-refractivity contribution in [2.24, 2.45) is 0 Å². The standard InChI is InChI=1S/C20H18BrN3O3S/c1-3-15-9-16(18(28-15)20(26)24-27-17(25)4-2)12-5-7-13(8-6-12)19-22-10-14(21)11-23-19/h5-11H,3-4H2,1-2H3,(H,24,26). The number of amides is 1. The number of thiophene rings is 1. The second-order valence-electron chi connectivity index (χ2n) is 5.87. The Morgan fingerprint density at radius 1 is 1.11 bits per heavy atom. The average molecular weight is 460 g/mol. The predicted molar refractivity (Wildman–Crippen MR) is 112 cm³/mol. The fourth-order valence-corrected chi connectivity index (χ4v) is 3.69. The van der Waals surface area contributed by atoms with Gasteiger partial charge in [-0.15, -0.1) is 11.3 Å². The van der Waals surface area contributed by atoms with Crippen LogP contribution in [0.1, 0.15) is 34.8 Å². The minimum atomic E-state index is -0.485. The van der Waals surface area contributed by atoms with Gasteiger partial charge in [0.25, 0.3) is 5.91 Å². The van der Waals surface area contributed by atoms with Gasteiger partial charge in [-0.25, -0.2) is 14.8 Å². The molecule has 0 spiro atoms. The first-order chi connectivity index (χ1) is 13.5. The van der Waals surface area contributed by atoms with Gasteiger partial charge in [0.15, 0.2) is 5.82 Å². The van der Waals surface area contributed by atoms with E-state index in [2.05, 4.69) is 31.4 Å². The van der Waals surface area contributed by atoms with Crippen molar-refractivity contribution in [1.82, 2.24) is 15.4 Å². The zero-order valence-corrected chi connectivity index (χ0v) is 17.8. The molecule has 1 aromatic carbocycles. The molecule has 0 fully saturated rings. The Kier molecular flexibility index (Phi) is 6.53. The topological polar surface area (TPSA) is 81.2 Å². The first-order valence-corrected chi connectivity index (χ1v) is 10.3. The van der Waals surface area contributed by atoms with Crippen molar-refractivity contribution in [1.29, 1.82) is 0 Å². The van der Waals surface area contributed by atoms with E-state index in [0.717, 1.165) is 32.5 Å². The maximum Gasteiger partial charge on any atom is 0.331 e. The van der Waals surface area contributed by atoms with Crippen molar-refractivity contribution in [3.63, 3.8) is 0 Å². The Balaban J connectivity index is 1.88. The molecule has 28 heavy (non-hydrogen) atoms. The van der Waals surface area contributed by atoms with Crippen LogP contribution in [0.4, 0.5) is 0 Å². The van der Waals surface area contributed by atoms with Crippen LogP contribution in [0.15, 0.2) is 47.2 Å². The fourth-order valence-electron chi connectivity index (χ4n) is 2.48. The van der Waals surface area contributed by atoms with Gasteiger partial charge in [-0.05, 0) is 34.0 Å². The van der Waals surface area contributed by atoms with E-state index in [0.29, 0.717) is 10.7 Å². The Morgan fingerprint density at radius 3 is 2.36 bits per heavy atom. The number of nitrogens with one attached hydrogen (secondary N) is 1. The van der Waals surface area contributed by atoms with Crippen LogP contribution in [-0.2, 0) is 16.1 Å². The SMILES string of the molecule is CCC(=O)ONC(=O)c1sc(CC)cc1-c1ccc(-c2ncc(Br)cn2)cc1. The Morgan fingerprint density at radius 2 is 1.75 bits per heavy atom. The molecule has 6 nitrogen and oxygen atoms in total. The van der Waals surface area contributed by atoms with Crippen molar-refractivity contribution < 1.29 is 14.4 Å². The summed E-state index contributed by atoms with van der Waals surface area (Å²) in [6.07, 6.45) is 4.40. The summed E-state index contributed by atoms with van der Waals surface area (Å²) in [5, 5.41) is 0. The van der Waals surface area contributed by atoms with Gasteiger partial charge in [-0.1, -0.05) is 38.1 Å². The number of aryl methyl sites for hydroxylation is 1. The maximum atomic E-state index is 12.5. The number of nitrogens with zero attached hydrogens (tertiary/aromatic N) is 2. The van der Waals surface area contributed by atoms with Crippen LogP contribution >= 0.6 is 27.3 Å². The molecule has 0 saturated carbocycles. The molecule has 0 aliphatic heterocycles. The van der Waals surface area contributed by atoms with Crippen molar-refractivity contribution in [3.8, 4) is 22.5 Å². The predicted octanol–water partition coefficient (Wildman–Crippen LogP) is 4.80. The summed E-state index contributed by atoms with van der Waals surface area (Å²) in [5.41, 5.74) is 4.81. The van der Waals surface area contributed by atoms with E-state index >= 15 is 0 Å². The highest BCUT2D eigenvalue weighted by atomic mass is 79.9. The summed E-state index contributed by atoms with van der Waals surface area (Å²) >= 11 is 4.71. The maximum absolute atomic E-state index is 12.5. The van der Waals surface area contributed by atoms with Crippen molar-refractivity contribution in [2.45, 2.75) is 26.7 Å². The lowest BCUT2D eigenvalue weighted by molar-refractivity contribution is -0.148. The molecular weight excluding hydrogens is 442 g/mol. The normalized spacial score (nSPS) is 10.5. The van der Waals surface area contributed by atoms with E-state index in [9.17, 15) is 9.59 Å². The minimum absolute atomic E-state index is 0.192. The van der Waals surface area contributed by atoms with Gasteiger partial charge >= 0.3 is 5.97 Å². The minimum Gasteiger partial charge on any atom is -0.341 e. The Hall–Kier alpha value is -2.58. The fraction of sp³-hybridized carbons (Fsp3) is 0.200. The highest BCUT2D eigenvalue weighted by molar-refractivity contribution is 9.10. The van der Waals surface area contributed by atoms with Crippen LogP contribution in [0.3, 0.4) is 0 Å². The number of carbonyl (C=O) groups excluding carboxylic acids is 2. The van der Waals surface area contributed by atoms with E-state index < -0.39 is 11.9 Å². The van der Waals surface area contributed by atoms with Crippen LogP contribution in [0, 0.1) is 0 Å². The Bertz CT molecular complexity index is 985. The molecule has 0 radical (unpaired) electrons. The molecular formula is C20H18BrN3O3S. The number of rotatable bonds is 5. The number of carbonyl (C=O) groups is 2. The van der Waals surface area contributed by atoms with Gasteiger partial charge in [0.1, 0.15) is 4.88 Å². The molecule has 0 aliphatic carbocycles. The molecule has 0 bridgehead atoms. The highest BCUT2D eigenvalue weighted by Gasteiger charge is 2.18. The van der Waals surface area contributed by atoms with Crippen molar-refractivity contribution in [3.05, 3.63) is 57.0 Å². The third-order valence-corrected chi connectivity index (χ3v) is 5.65. The van der Waals surface area contributed by atoms with Crippen LogP contribution in [0.5, 0.6) is 0 Å². The van der Waals surface area contributed by atoms with E-state index in [1.165, 1.54) is 11.3 Å². The number of aromatic nitrogens is 2. The molecule has 3 aromatic rings. The quantitative estimate of drug-likeness (QED) is 0.554. The van der Waals surface area contributed by atoms with Gasteiger partial charge in [0.05, 0.1) is 4.47 Å². The van der Waals surface area contributed by atoms with Crippen molar-refractivity contribution >= 4 is 39.1 Å². The summed E-state index contributed by atoms with van der Waals surface area (Å²) in [7, 11) is 0. The third kappa shape index (κ3) is 4.63. The summed E-state index contributed by atoms with van der Waals surface area (Å²) < 4.78 is 0.817. The molecule has 3 rings (SSSR count). The third-order valence-electron chi connectivity index (χ3n) is 3.96. The van der Waals surface area contributed by atoms with Gasteiger partial charge in [-0.2, -0.15) is 5.48 Å². The smallest absolute Gasteiger partial charge is 0.331 e. The number of hydrogen-bond acceptors (Lipinski definition) is 6. The molecule has 144 valence electrons. The number of benzene rings is 1. The van der Waals surface area contributed by atoms with Crippen molar-refractivity contribution in [2.75, 3.05) is 0 Å². The zero-order chi connectivity index (χ0) is 20.1. The highest BCUT2D eigenvalue weighted by Crippen LogP contribution is 2.33. The molecule has 8 heteroatoms. The van der Waals surface area contributed by atoms with Gasteiger partial charge in [0.2, 0.25) is 0 Å². The average Bonchev–Trinajstić information content (AvgIpc) is 3.17. The molecule has 1 amide bonds. The van der Waals surface area contributed by atoms with Crippen LogP contribution in [0.2, 0.25) is 0 Å². The van der Waals surface area contributed by atoms with E-state index in [1.807, 2.05) is 37.3 Å². The Labute approximate surface area is 175 Å². The summed E-state index contributed by atoms with van der Waals surface area (Å²) in [6, 6.07) is 9.68. The number of hydrogen-bond donors (Lipinski definition) is 1. The molecule has 0 saturated heterocycles. The summed E-state index contributed by atoms with van der Waals surface area (Å²) in [5.74, 6) is -0.290. The first kappa shape index (κ1) is 20.2. The van der Waals surface area contributed by atoms with Crippen LogP contribution < -0.4 is 5.48 Å². The van der Waals surface area contributed by atoms with E-state index in [-0.39, 0.29) is 6.42 Å². The zero-order valence-electron chi connectivity index (χ0n) is 15.4. The lowest BCUT2D eigenvalue weighted by Gasteiger charge is -2.07. The first-order valence-electron chi connectivity index (χ1n) is 8.72. The second kappa shape index (κ2) is 9.07.